The number of halogens is 2. The lowest BCUT2D eigenvalue weighted by Crippen LogP contribution is -2.24. The average Bonchev–Trinajstić information content (AvgIpc) is 3.31. The van der Waals surface area contributed by atoms with Gasteiger partial charge in [0.1, 0.15) is 11.6 Å². The smallest absolute Gasteiger partial charge is 0.253 e. The third-order valence-electron chi connectivity index (χ3n) is 6.03. The van der Waals surface area contributed by atoms with Crippen molar-refractivity contribution < 1.29 is 13.6 Å². The van der Waals surface area contributed by atoms with E-state index in [4.69, 9.17) is 0 Å². The molecule has 5 rings (SSSR count). The van der Waals surface area contributed by atoms with E-state index >= 15 is 0 Å². The highest BCUT2D eigenvalue weighted by Gasteiger charge is 2.27. The normalized spacial score (nSPS) is 15.3. The van der Waals surface area contributed by atoms with Crippen LogP contribution in [-0.2, 0) is 26.1 Å². The maximum Gasteiger partial charge on any atom is 0.253 e. The highest BCUT2D eigenvalue weighted by molar-refractivity contribution is 5.99. The van der Waals surface area contributed by atoms with Crippen molar-refractivity contribution in [2.45, 2.75) is 45.9 Å². The summed E-state index contributed by atoms with van der Waals surface area (Å²) in [5.41, 5.74) is 4.92. The molecule has 0 spiro atoms. The van der Waals surface area contributed by atoms with Crippen LogP contribution in [0.2, 0.25) is 0 Å². The van der Waals surface area contributed by atoms with Crippen LogP contribution in [-0.4, -0.2) is 26.8 Å². The molecule has 0 fully saturated rings. The molecule has 158 valence electrons. The van der Waals surface area contributed by atoms with Crippen molar-refractivity contribution in [2.75, 3.05) is 0 Å². The van der Waals surface area contributed by atoms with Gasteiger partial charge in [-0.1, -0.05) is 6.07 Å². The van der Waals surface area contributed by atoms with Crippen molar-refractivity contribution in [1.29, 1.82) is 0 Å². The van der Waals surface area contributed by atoms with E-state index in [0.717, 1.165) is 18.8 Å². The number of rotatable bonds is 4. The van der Waals surface area contributed by atoms with Crippen LogP contribution in [0.1, 0.15) is 52.3 Å². The molecule has 4 heterocycles. The molecule has 0 aliphatic carbocycles. The fourth-order valence-corrected chi connectivity index (χ4v) is 4.34. The fourth-order valence-electron chi connectivity index (χ4n) is 4.34. The van der Waals surface area contributed by atoms with E-state index < -0.39 is 11.6 Å². The Hall–Kier alpha value is -3.19. The molecule has 0 atom stereocenters. The second kappa shape index (κ2) is 7.50. The van der Waals surface area contributed by atoms with Gasteiger partial charge in [-0.3, -0.25) is 14.7 Å². The summed E-state index contributed by atoms with van der Waals surface area (Å²) in [6.07, 6.45) is 2.28. The SMILES string of the molecule is CC(C)N1Cc2cnc(Cc3cc(-c4c(F)cccc4F)nc4c3C(=O)NC4)cc2C1. The van der Waals surface area contributed by atoms with Gasteiger partial charge in [0, 0.05) is 37.4 Å². The van der Waals surface area contributed by atoms with Gasteiger partial charge in [0.25, 0.3) is 5.91 Å². The van der Waals surface area contributed by atoms with Crippen molar-refractivity contribution in [3.05, 3.63) is 81.8 Å². The molecule has 3 aromatic rings. The van der Waals surface area contributed by atoms with Gasteiger partial charge in [0.15, 0.2) is 0 Å². The van der Waals surface area contributed by atoms with Gasteiger partial charge in [-0.2, -0.15) is 0 Å². The fraction of sp³-hybridized carbons (Fsp3) is 0.292. The molecule has 0 bridgehead atoms. The Bertz CT molecular complexity index is 1190. The average molecular weight is 420 g/mol. The zero-order chi connectivity index (χ0) is 21.7. The molecule has 0 unspecified atom stereocenters. The van der Waals surface area contributed by atoms with Gasteiger partial charge < -0.3 is 5.32 Å². The summed E-state index contributed by atoms with van der Waals surface area (Å²) >= 11 is 0. The largest absolute Gasteiger partial charge is 0.346 e. The van der Waals surface area contributed by atoms with Gasteiger partial charge in [0.2, 0.25) is 0 Å². The summed E-state index contributed by atoms with van der Waals surface area (Å²) in [6, 6.07) is 7.86. The Balaban J connectivity index is 1.55. The summed E-state index contributed by atoms with van der Waals surface area (Å²) in [4.78, 5) is 23.8. The lowest BCUT2D eigenvalue weighted by Gasteiger charge is -2.18. The van der Waals surface area contributed by atoms with Crippen LogP contribution in [0.4, 0.5) is 8.78 Å². The van der Waals surface area contributed by atoms with Crippen LogP contribution in [0.3, 0.4) is 0 Å². The van der Waals surface area contributed by atoms with Crippen LogP contribution in [0.25, 0.3) is 11.3 Å². The Kier molecular flexibility index (Phi) is 4.78. The topological polar surface area (TPSA) is 58.1 Å². The molecule has 31 heavy (non-hydrogen) atoms. The number of nitrogens with zero attached hydrogens (tertiary/aromatic N) is 3. The molecule has 7 heteroatoms. The number of hydrogen-bond acceptors (Lipinski definition) is 4. The van der Waals surface area contributed by atoms with Crippen molar-refractivity contribution >= 4 is 5.91 Å². The zero-order valence-electron chi connectivity index (χ0n) is 17.4. The van der Waals surface area contributed by atoms with Gasteiger partial charge in [-0.05, 0) is 54.8 Å². The summed E-state index contributed by atoms with van der Waals surface area (Å²) in [7, 11) is 0. The molecule has 5 nitrogen and oxygen atoms in total. The lowest BCUT2D eigenvalue weighted by atomic mass is 9.98. The van der Waals surface area contributed by atoms with Crippen LogP contribution in [0.5, 0.6) is 0 Å². The second-order valence-corrected chi connectivity index (χ2v) is 8.39. The van der Waals surface area contributed by atoms with E-state index in [1.54, 1.807) is 6.07 Å². The first kappa shape index (κ1) is 19.8. The van der Waals surface area contributed by atoms with E-state index in [1.807, 2.05) is 6.20 Å². The minimum absolute atomic E-state index is 0.180. The van der Waals surface area contributed by atoms with Crippen LogP contribution < -0.4 is 5.32 Å². The van der Waals surface area contributed by atoms with Gasteiger partial charge >= 0.3 is 0 Å². The molecule has 1 amide bonds. The standard InChI is InChI=1S/C24H22F2N4O/c1-13(2)30-11-15-7-17(27-9-16(15)12-30)6-14-8-20(23-18(25)4-3-5-19(23)26)29-21-10-28-24(31)22(14)21/h3-5,7-9,13H,6,10-12H2,1-2H3,(H,28,31). The molecule has 2 aliphatic heterocycles. The summed E-state index contributed by atoms with van der Waals surface area (Å²) < 4.78 is 28.8. The first-order valence-corrected chi connectivity index (χ1v) is 10.4. The number of fused-ring (bicyclic) bond motifs is 2. The summed E-state index contributed by atoms with van der Waals surface area (Å²) in [6.45, 7) is 6.32. The van der Waals surface area contributed by atoms with Crippen molar-refractivity contribution in [3.63, 3.8) is 0 Å². The lowest BCUT2D eigenvalue weighted by molar-refractivity contribution is 0.0965. The minimum atomic E-state index is -0.680. The van der Waals surface area contributed by atoms with Gasteiger partial charge in [-0.25, -0.2) is 13.8 Å². The number of hydrogen-bond donors (Lipinski definition) is 1. The first-order chi connectivity index (χ1) is 14.9. The summed E-state index contributed by atoms with van der Waals surface area (Å²) in [5, 5.41) is 2.76. The number of carbonyl (C=O) groups is 1. The van der Waals surface area contributed by atoms with Crippen molar-refractivity contribution in [2.24, 2.45) is 0 Å². The maximum atomic E-state index is 14.4. The van der Waals surface area contributed by atoms with Crippen LogP contribution in [0.15, 0.2) is 36.5 Å². The molecule has 2 aliphatic rings. The van der Waals surface area contributed by atoms with E-state index in [2.05, 4.69) is 40.1 Å². The Morgan fingerprint density at radius 1 is 1.10 bits per heavy atom. The summed E-state index contributed by atoms with van der Waals surface area (Å²) in [5.74, 6) is -1.58. The van der Waals surface area contributed by atoms with E-state index in [-0.39, 0.29) is 23.7 Å². The molecule has 2 aromatic heterocycles. The van der Waals surface area contributed by atoms with Gasteiger partial charge in [-0.15, -0.1) is 0 Å². The molecular weight excluding hydrogens is 398 g/mol. The number of benzene rings is 1. The number of pyridine rings is 2. The quantitative estimate of drug-likeness (QED) is 0.694. The Morgan fingerprint density at radius 3 is 2.58 bits per heavy atom. The van der Waals surface area contributed by atoms with Crippen molar-refractivity contribution in [3.8, 4) is 11.3 Å². The number of nitrogens with one attached hydrogen (secondary N) is 1. The molecule has 1 aromatic carbocycles. The number of aromatic nitrogens is 2. The Labute approximate surface area is 179 Å². The van der Waals surface area contributed by atoms with Crippen molar-refractivity contribution in [1.82, 2.24) is 20.2 Å². The molecule has 0 saturated carbocycles. The molecule has 0 saturated heterocycles. The predicted molar refractivity (Wildman–Crippen MR) is 112 cm³/mol. The zero-order valence-corrected chi connectivity index (χ0v) is 17.4. The maximum absolute atomic E-state index is 14.4. The van der Waals surface area contributed by atoms with E-state index in [0.29, 0.717) is 29.3 Å². The highest BCUT2D eigenvalue weighted by atomic mass is 19.1. The predicted octanol–water partition coefficient (Wildman–Crippen LogP) is 3.98. The van der Waals surface area contributed by atoms with Crippen LogP contribution in [0, 0.1) is 11.6 Å². The second-order valence-electron chi connectivity index (χ2n) is 8.39. The van der Waals surface area contributed by atoms with E-state index in [9.17, 15) is 13.6 Å². The van der Waals surface area contributed by atoms with E-state index in [1.165, 1.54) is 29.3 Å². The highest BCUT2D eigenvalue weighted by Crippen LogP contribution is 2.31. The first-order valence-electron chi connectivity index (χ1n) is 10.4. The monoisotopic (exact) mass is 420 g/mol. The third kappa shape index (κ3) is 3.49. The molecule has 0 radical (unpaired) electrons. The Morgan fingerprint density at radius 2 is 1.84 bits per heavy atom. The number of carbonyl (C=O) groups excluding carboxylic acids is 1. The minimum Gasteiger partial charge on any atom is -0.346 e. The molecular formula is C24H22F2N4O. The van der Waals surface area contributed by atoms with Gasteiger partial charge in [0.05, 0.1) is 29.1 Å². The molecule has 1 N–H and O–H groups in total. The van der Waals surface area contributed by atoms with Crippen LogP contribution >= 0.6 is 0 Å². The third-order valence-corrected chi connectivity index (χ3v) is 6.03. The number of amides is 1.